The number of carbonyl (C=O) groups is 4. The van der Waals surface area contributed by atoms with Crippen LogP contribution in [0.4, 0.5) is 0 Å². The first-order valence-corrected chi connectivity index (χ1v) is 23.7. The van der Waals surface area contributed by atoms with Crippen LogP contribution in [0, 0.1) is 12.3 Å². The second kappa shape index (κ2) is 27.0. The van der Waals surface area contributed by atoms with Gasteiger partial charge >= 0.3 is 11.9 Å². The first kappa shape index (κ1) is 53.6. The lowest BCUT2D eigenvalue weighted by atomic mass is 9.90. The first-order chi connectivity index (χ1) is 35.2. The van der Waals surface area contributed by atoms with Crippen molar-refractivity contribution in [2.45, 2.75) is 69.1 Å². The van der Waals surface area contributed by atoms with Crippen LogP contribution in [0.2, 0.25) is 0 Å². The van der Waals surface area contributed by atoms with Gasteiger partial charge in [0.2, 0.25) is 11.8 Å². The SMILES string of the molecule is C.C#CCc1ccccc1.COC(=O)[C@@H]1C[C@H](N=[N+]=[N-])CN1C(=O)C(c1ccccc1)c1ccccc1.COC(=O)[C@@H]1C[C@H](n2nncc2Cc2ccccc2)CN1C(=O)C(c1ccccc1)c1ccccc1. The number of rotatable bonds is 13. The van der Waals surface area contributed by atoms with Gasteiger partial charge in [-0.3, -0.25) is 9.59 Å². The number of methoxy groups -OCH3 is 2. The molecule has 1 aromatic heterocycles. The molecule has 2 fully saturated rings. The fourth-order valence-corrected chi connectivity index (χ4v) is 9.25. The smallest absolute Gasteiger partial charge is 0.328 e. The Hall–Kier alpha value is -8.79. The van der Waals surface area contributed by atoms with Gasteiger partial charge in [-0.15, -0.1) is 17.4 Å². The number of terminal acetylenes is 1. The Morgan fingerprint density at radius 3 is 1.44 bits per heavy atom. The quantitative estimate of drug-likeness (QED) is 0.0361. The van der Waals surface area contributed by atoms with Gasteiger partial charge in [-0.1, -0.05) is 200 Å². The largest absolute Gasteiger partial charge is 0.467 e. The van der Waals surface area contributed by atoms with Gasteiger partial charge in [-0.2, -0.15) is 0 Å². The summed E-state index contributed by atoms with van der Waals surface area (Å²) >= 11 is 0. The molecule has 0 radical (unpaired) electrons. The van der Waals surface area contributed by atoms with Crippen LogP contribution in [-0.4, -0.2) is 94.0 Å². The van der Waals surface area contributed by atoms with Crippen molar-refractivity contribution in [3.05, 3.63) is 238 Å². The molecule has 2 aliphatic rings. The van der Waals surface area contributed by atoms with Crippen LogP contribution in [0.1, 0.15) is 77.2 Å². The highest BCUT2D eigenvalue weighted by Gasteiger charge is 2.45. The minimum atomic E-state index is -0.757. The molecule has 14 heteroatoms. The maximum absolute atomic E-state index is 14.1. The van der Waals surface area contributed by atoms with Crippen LogP contribution >= 0.6 is 0 Å². The van der Waals surface area contributed by atoms with Gasteiger partial charge in [0.05, 0.1) is 50.0 Å². The van der Waals surface area contributed by atoms with Crippen molar-refractivity contribution in [1.82, 2.24) is 24.8 Å². The molecular weight excluding hydrogens is 917 g/mol. The van der Waals surface area contributed by atoms with E-state index in [-0.39, 0.29) is 38.2 Å². The summed E-state index contributed by atoms with van der Waals surface area (Å²) < 4.78 is 11.8. The lowest BCUT2D eigenvalue weighted by molar-refractivity contribution is -0.151. The Labute approximate surface area is 427 Å². The van der Waals surface area contributed by atoms with Gasteiger partial charge in [0, 0.05) is 37.3 Å². The molecule has 0 unspecified atom stereocenters. The molecular formula is C59H60N8O6. The number of esters is 2. The molecule has 7 aromatic rings. The van der Waals surface area contributed by atoms with E-state index in [1.54, 1.807) is 11.1 Å². The van der Waals surface area contributed by atoms with E-state index in [9.17, 15) is 19.2 Å². The maximum Gasteiger partial charge on any atom is 0.328 e. The van der Waals surface area contributed by atoms with Crippen LogP contribution in [0.3, 0.4) is 0 Å². The van der Waals surface area contributed by atoms with Crippen molar-refractivity contribution >= 4 is 23.8 Å². The number of amides is 2. The molecule has 4 atom stereocenters. The number of hydrogen-bond acceptors (Lipinski definition) is 9. The van der Waals surface area contributed by atoms with E-state index in [0.29, 0.717) is 19.4 Å². The van der Waals surface area contributed by atoms with E-state index in [0.717, 1.165) is 39.9 Å². The van der Waals surface area contributed by atoms with Crippen molar-refractivity contribution in [1.29, 1.82) is 0 Å². The summed E-state index contributed by atoms with van der Waals surface area (Å²) in [5, 5.41) is 12.2. The van der Waals surface area contributed by atoms with Gasteiger partial charge in [0.15, 0.2) is 0 Å². The second-order valence-corrected chi connectivity index (χ2v) is 17.3. The molecule has 0 bridgehead atoms. The summed E-state index contributed by atoms with van der Waals surface area (Å²) in [5.74, 6) is 0.241. The molecule has 3 heterocycles. The molecule has 0 saturated carbocycles. The number of aromatic nitrogens is 3. The molecule has 372 valence electrons. The molecule has 0 N–H and O–H groups in total. The number of carbonyl (C=O) groups excluding carboxylic acids is 4. The standard InChI is InChI=1S/C29H28N4O3.C20H20N4O3.C9H8.CH4/c1-36-29(35)26-18-25(33-24(19-30-31-33)17-21-11-5-2-6-12-21)20-32(26)28(34)27(22-13-7-3-8-14-22)23-15-9-4-10-16-23;1-27-20(26)17-12-16(22-23-21)13-24(17)19(25)18(14-8-4-2-5-9-14)15-10-6-3-7-11-15;1-2-6-9-7-4-3-5-8-9;/h2-16,19,25-27H,17-18,20H2,1H3;2-11,16-18H,12-13H2,1H3;1,3-5,7-8H,6H2;1H4/t25-,26-;16-,17-;;/m00../s1. The Balaban J connectivity index is 0.000000206. The highest BCUT2D eigenvalue weighted by atomic mass is 16.5. The molecule has 2 saturated heterocycles. The highest BCUT2D eigenvalue weighted by molar-refractivity contribution is 5.92. The van der Waals surface area contributed by atoms with Crippen molar-refractivity contribution in [2.75, 3.05) is 27.3 Å². The van der Waals surface area contributed by atoms with E-state index in [1.807, 2.05) is 175 Å². The van der Waals surface area contributed by atoms with Crippen molar-refractivity contribution < 1.29 is 28.7 Å². The van der Waals surface area contributed by atoms with Crippen molar-refractivity contribution in [3.63, 3.8) is 0 Å². The van der Waals surface area contributed by atoms with Crippen molar-refractivity contribution in [2.24, 2.45) is 5.11 Å². The summed E-state index contributed by atoms with van der Waals surface area (Å²) in [7, 11) is 2.65. The zero-order valence-electron chi connectivity index (χ0n) is 40.2. The van der Waals surface area contributed by atoms with Gasteiger partial charge in [0.25, 0.3) is 0 Å². The zero-order valence-corrected chi connectivity index (χ0v) is 40.2. The number of nitrogens with zero attached hydrogens (tertiary/aromatic N) is 8. The Bertz CT molecular complexity index is 2850. The zero-order chi connectivity index (χ0) is 50.7. The molecule has 6 aromatic carbocycles. The van der Waals surface area contributed by atoms with Crippen LogP contribution < -0.4 is 0 Å². The lowest BCUT2D eigenvalue weighted by Gasteiger charge is -2.28. The monoisotopic (exact) mass is 976 g/mol. The summed E-state index contributed by atoms with van der Waals surface area (Å²) in [5.41, 5.74) is 15.5. The molecule has 9 rings (SSSR count). The Morgan fingerprint density at radius 2 is 1.03 bits per heavy atom. The molecule has 0 spiro atoms. The average Bonchev–Trinajstić information content (AvgIpc) is 4.20. The topological polar surface area (TPSA) is 173 Å². The summed E-state index contributed by atoms with van der Waals surface area (Å²) in [6, 6.07) is 56.3. The summed E-state index contributed by atoms with van der Waals surface area (Å²) in [4.78, 5) is 58.7. The van der Waals surface area contributed by atoms with Crippen LogP contribution in [0.5, 0.6) is 0 Å². The predicted molar refractivity (Wildman–Crippen MR) is 281 cm³/mol. The minimum Gasteiger partial charge on any atom is -0.467 e. The normalized spacial score (nSPS) is 16.5. The Morgan fingerprint density at radius 1 is 0.630 bits per heavy atom. The summed E-state index contributed by atoms with van der Waals surface area (Å²) in [6.45, 7) is 0.540. The maximum atomic E-state index is 14.1. The number of ether oxygens (including phenoxy) is 2. The predicted octanol–water partition coefficient (Wildman–Crippen LogP) is 9.79. The van der Waals surface area contributed by atoms with E-state index < -0.39 is 41.9 Å². The third kappa shape index (κ3) is 13.8. The molecule has 0 aliphatic carbocycles. The number of benzene rings is 6. The highest BCUT2D eigenvalue weighted by Crippen LogP contribution is 2.35. The van der Waals surface area contributed by atoms with Gasteiger partial charge in [0.1, 0.15) is 12.1 Å². The van der Waals surface area contributed by atoms with Crippen LogP contribution in [0.25, 0.3) is 10.4 Å². The van der Waals surface area contributed by atoms with Gasteiger partial charge in [-0.25, -0.2) is 14.3 Å². The average molecular weight is 977 g/mol. The molecule has 2 amide bonds. The fourth-order valence-electron chi connectivity index (χ4n) is 9.25. The fraction of sp³-hybridized carbons (Fsp3) is 0.254. The molecule has 73 heavy (non-hydrogen) atoms. The van der Waals surface area contributed by atoms with Crippen molar-refractivity contribution in [3.8, 4) is 12.3 Å². The van der Waals surface area contributed by atoms with E-state index >= 15 is 0 Å². The lowest BCUT2D eigenvalue weighted by Crippen LogP contribution is -2.43. The van der Waals surface area contributed by atoms with Gasteiger partial charge in [-0.05, 0) is 45.3 Å². The third-order valence-corrected chi connectivity index (χ3v) is 12.7. The minimum absolute atomic E-state index is 0. The molecule has 14 nitrogen and oxygen atoms in total. The number of hydrogen-bond donors (Lipinski definition) is 0. The number of azide groups is 1. The van der Waals surface area contributed by atoms with E-state index in [2.05, 4.69) is 38.4 Å². The van der Waals surface area contributed by atoms with E-state index in [4.69, 9.17) is 21.4 Å². The van der Waals surface area contributed by atoms with Crippen LogP contribution in [0.15, 0.2) is 193 Å². The third-order valence-electron chi connectivity index (χ3n) is 12.7. The summed E-state index contributed by atoms with van der Waals surface area (Å²) in [6.07, 6.45) is 8.94. The first-order valence-electron chi connectivity index (χ1n) is 23.7. The number of likely N-dealkylation sites (tertiary alicyclic amines) is 2. The Kier molecular flexibility index (Phi) is 19.8. The second-order valence-electron chi connectivity index (χ2n) is 17.3. The van der Waals surface area contributed by atoms with E-state index in [1.165, 1.54) is 24.7 Å². The molecule has 2 aliphatic heterocycles. The van der Waals surface area contributed by atoms with Crippen LogP contribution in [-0.2, 0) is 41.5 Å². The van der Waals surface area contributed by atoms with Gasteiger partial charge < -0.3 is 19.3 Å².